The lowest BCUT2D eigenvalue weighted by molar-refractivity contribution is 0.288. The van der Waals surface area contributed by atoms with Gasteiger partial charge >= 0.3 is 0 Å². The second-order valence-electron chi connectivity index (χ2n) is 4.38. The maximum atomic E-state index is 13.8. The Bertz CT molecular complexity index is 543. The molecule has 0 amide bonds. The Morgan fingerprint density at radius 2 is 1.89 bits per heavy atom. The van der Waals surface area contributed by atoms with Crippen molar-refractivity contribution in [3.8, 4) is 5.75 Å². The molecule has 0 aromatic heterocycles. The van der Waals surface area contributed by atoms with Gasteiger partial charge < -0.3 is 10.5 Å². The summed E-state index contributed by atoms with van der Waals surface area (Å²) in [6.45, 7) is 3.96. The van der Waals surface area contributed by atoms with Crippen LogP contribution in [-0.4, -0.2) is 0 Å². The number of hydrogen-bond acceptors (Lipinski definition) is 2. The molecular weight excluding hydrogens is 229 g/mol. The van der Waals surface area contributed by atoms with Crippen LogP contribution in [0.5, 0.6) is 5.75 Å². The van der Waals surface area contributed by atoms with Crippen LogP contribution in [-0.2, 0) is 6.61 Å². The second kappa shape index (κ2) is 5.08. The standard InChI is InChI=1S/C15H16FNO/c1-10-7-11(2)15(13(16)8-10)18-9-12-5-3-4-6-14(12)17/h3-8H,9,17H2,1-2H3. The number of rotatable bonds is 3. The summed E-state index contributed by atoms with van der Waals surface area (Å²) < 4.78 is 19.3. The first kappa shape index (κ1) is 12.4. The van der Waals surface area contributed by atoms with E-state index in [2.05, 4.69) is 0 Å². The summed E-state index contributed by atoms with van der Waals surface area (Å²) >= 11 is 0. The summed E-state index contributed by atoms with van der Waals surface area (Å²) in [5.41, 5.74) is 9.00. The molecule has 2 rings (SSSR count). The molecule has 0 bridgehead atoms. The van der Waals surface area contributed by atoms with Crippen LogP contribution in [0.1, 0.15) is 16.7 Å². The monoisotopic (exact) mass is 245 g/mol. The first-order valence-corrected chi connectivity index (χ1v) is 5.81. The molecule has 0 saturated carbocycles. The molecule has 0 aliphatic rings. The molecule has 0 saturated heterocycles. The van der Waals surface area contributed by atoms with Crippen LogP contribution in [0.4, 0.5) is 10.1 Å². The Balaban J connectivity index is 2.19. The number of benzene rings is 2. The zero-order valence-corrected chi connectivity index (χ0v) is 10.5. The number of halogens is 1. The third-order valence-corrected chi connectivity index (χ3v) is 2.80. The van der Waals surface area contributed by atoms with Crippen LogP contribution >= 0.6 is 0 Å². The highest BCUT2D eigenvalue weighted by molar-refractivity contribution is 5.46. The zero-order valence-electron chi connectivity index (χ0n) is 10.5. The van der Waals surface area contributed by atoms with Gasteiger partial charge in [-0.25, -0.2) is 4.39 Å². The molecule has 0 heterocycles. The van der Waals surface area contributed by atoms with E-state index in [1.54, 1.807) is 6.07 Å². The van der Waals surface area contributed by atoms with Gasteiger partial charge in [-0.05, 0) is 37.1 Å². The molecule has 0 aliphatic heterocycles. The number of hydrogen-bond donors (Lipinski definition) is 1. The predicted octanol–water partition coefficient (Wildman–Crippen LogP) is 3.60. The third kappa shape index (κ3) is 2.62. The van der Waals surface area contributed by atoms with Crippen LogP contribution in [0.25, 0.3) is 0 Å². The minimum absolute atomic E-state index is 0.271. The molecule has 2 aromatic carbocycles. The van der Waals surface area contributed by atoms with E-state index in [4.69, 9.17) is 10.5 Å². The van der Waals surface area contributed by atoms with Gasteiger partial charge in [0.05, 0.1) is 0 Å². The first-order chi connectivity index (χ1) is 8.58. The van der Waals surface area contributed by atoms with Crippen molar-refractivity contribution in [3.63, 3.8) is 0 Å². The van der Waals surface area contributed by atoms with E-state index in [9.17, 15) is 4.39 Å². The molecule has 2 aromatic rings. The molecular formula is C15H16FNO. The summed E-state index contributed by atoms with van der Waals surface area (Å²) in [4.78, 5) is 0. The largest absolute Gasteiger partial charge is 0.485 e. The highest BCUT2D eigenvalue weighted by Gasteiger charge is 2.09. The smallest absolute Gasteiger partial charge is 0.165 e. The maximum Gasteiger partial charge on any atom is 0.165 e. The summed E-state index contributed by atoms with van der Waals surface area (Å²) in [5.74, 6) is -0.0362. The minimum Gasteiger partial charge on any atom is -0.485 e. The Labute approximate surface area is 106 Å². The quantitative estimate of drug-likeness (QED) is 0.838. The number of anilines is 1. The summed E-state index contributed by atoms with van der Waals surface area (Å²) in [6, 6.07) is 10.8. The van der Waals surface area contributed by atoms with Crippen molar-refractivity contribution in [2.45, 2.75) is 20.5 Å². The lowest BCUT2D eigenvalue weighted by Gasteiger charge is -2.12. The van der Waals surface area contributed by atoms with Crippen molar-refractivity contribution < 1.29 is 9.13 Å². The fourth-order valence-electron chi connectivity index (χ4n) is 1.90. The van der Waals surface area contributed by atoms with Crippen molar-refractivity contribution in [1.29, 1.82) is 0 Å². The van der Waals surface area contributed by atoms with Crippen LogP contribution in [0.3, 0.4) is 0 Å². The molecule has 18 heavy (non-hydrogen) atoms. The van der Waals surface area contributed by atoms with E-state index in [-0.39, 0.29) is 12.4 Å². The third-order valence-electron chi connectivity index (χ3n) is 2.80. The van der Waals surface area contributed by atoms with Crippen molar-refractivity contribution in [2.75, 3.05) is 5.73 Å². The van der Waals surface area contributed by atoms with Crippen LogP contribution in [0, 0.1) is 19.7 Å². The summed E-state index contributed by atoms with van der Waals surface area (Å²) in [5, 5.41) is 0. The molecule has 94 valence electrons. The molecule has 3 heteroatoms. The van der Waals surface area contributed by atoms with E-state index in [1.807, 2.05) is 38.1 Å². The lowest BCUT2D eigenvalue weighted by Crippen LogP contribution is -2.02. The van der Waals surface area contributed by atoms with E-state index in [0.29, 0.717) is 11.4 Å². The van der Waals surface area contributed by atoms with Gasteiger partial charge in [0.2, 0.25) is 0 Å². The first-order valence-electron chi connectivity index (χ1n) is 5.81. The number of ether oxygens (including phenoxy) is 1. The van der Waals surface area contributed by atoms with Crippen molar-refractivity contribution in [1.82, 2.24) is 0 Å². The Kier molecular flexibility index (Phi) is 3.51. The number of aryl methyl sites for hydroxylation is 2. The van der Waals surface area contributed by atoms with Gasteiger partial charge in [0.1, 0.15) is 6.61 Å². The fraction of sp³-hybridized carbons (Fsp3) is 0.200. The molecule has 0 atom stereocenters. The maximum absolute atomic E-state index is 13.8. The van der Waals surface area contributed by atoms with Gasteiger partial charge in [0, 0.05) is 11.3 Å². The number of nitrogen functional groups attached to an aromatic ring is 1. The SMILES string of the molecule is Cc1cc(C)c(OCc2ccccc2N)c(F)c1. The summed E-state index contributed by atoms with van der Waals surface area (Å²) in [7, 11) is 0. The Morgan fingerprint density at radius 3 is 2.56 bits per heavy atom. The second-order valence-corrected chi connectivity index (χ2v) is 4.38. The highest BCUT2D eigenvalue weighted by atomic mass is 19.1. The van der Waals surface area contributed by atoms with Crippen LogP contribution in [0.2, 0.25) is 0 Å². The van der Waals surface area contributed by atoms with E-state index in [1.165, 1.54) is 6.07 Å². The van der Waals surface area contributed by atoms with Gasteiger partial charge in [-0.15, -0.1) is 0 Å². The highest BCUT2D eigenvalue weighted by Crippen LogP contribution is 2.25. The molecule has 2 nitrogen and oxygen atoms in total. The van der Waals surface area contributed by atoms with Crippen LogP contribution < -0.4 is 10.5 Å². The molecule has 0 aliphatic carbocycles. The lowest BCUT2D eigenvalue weighted by atomic mass is 10.1. The normalized spacial score (nSPS) is 10.4. The van der Waals surface area contributed by atoms with Crippen LogP contribution in [0.15, 0.2) is 36.4 Å². The van der Waals surface area contributed by atoms with Gasteiger partial charge in [0.25, 0.3) is 0 Å². The van der Waals surface area contributed by atoms with Gasteiger partial charge in [-0.1, -0.05) is 24.3 Å². The van der Waals surface area contributed by atoms with Crippen molar-refractivity contribution in [3.05, 3.63) is 58.9 Å². The van der Waals surface area contributed by atoms with Crippen molar-refractivity contribution in [2.24, 2.45) is 0 Å². The van der Waals surface area contributed by atoms with Crippen molar-refractivity contribution >= 4 is 5.69 Å². The molecule has 0 fully saturated rings. The Hall–Kier alpha value is -2.03. The number of para-hydroxylation sites is 1. The van der Waals surface area contributed by atoms with Gasteiger partial charge in [-0.3, -0.25) is 0 Å². The van der Waals surface area contributed by atoms with Gasteiger partial charge in [0.15, 0.2) is 11.6 Å². The minimum atomic E-state index is -0.331. The summed E-state index contributed by atoms with van der Waals surface area (Å²) in [6.07, 6.45) is 0. The van der Waals surface area contributed by atoms with E-state index >= 15 is 0 Å². The molecule has 0 radical (unpaired) electrons. The zero-order chi connectivity index (χ0) is 13.1. The van der Waals surface area contributed by atoms with E-state index < -0.39 is 0 Å². The fourth-order valence-corrected chi connectivity index (χ4v) is 1.90. The molecule has 2 N–H and O–H groups in total. The van der Waals surface area contributed by atoms with E-state index in [0.717, 1.165) is 16.7 Å². The molecule has 0 unspecified atom stereocenters. The Morgan fingerprint density at radius 1 is 1.17 bits per heavy atom. The average molecular weight is 245 g/mol. The number of nitrogens with two attached hydrogens (primary N) is 1. The molecule has 0 spiro atoms. The average Bonchev–Trinajstić information content (AvgIpc) is 2.30. The predicted molar refractivity (Wildman–Crippen MR) is 71.1 cm³/mol. The topological polar surface area (TPSA) is 35.2 Å². The van der Waals surface area contributed by atoms with Gasteiger partial charge in [-0.2, -0.15) is 0 Å².